The molecule has 0 aliphatic carbocycles. The lowest BCUT2D eigenvalue weighted by Crippen LogP contribution is -2.21. The largest absolute Gasteiger partial charge is 0.481 e. The van der Waals surface area contributed by atoms with Gasteiger partial charge in [0.05, 0.1) is 16.1 Å². The molecule has 0 bridgehead atoms. The molecule has 1 aliphatic heterocycles. The molecule has 2 unspecified atom stereocenters. The Morgan fingerprint density at radius 1 is 1.71 bits per heavy atom. The zero-order valence-electron chi connectivity index (χ0n) is 7.24. The van der Waals surface area contributed by atoms with Gasteiger partial charge in [-0.2, -0.15) is 4.37 Å². The van der Waals surface area contributed by atoms with Crippen molar-refractivity contribution in [2.45, 2.75) is 5.92 Å². The van der Waals surface area contributed by atoms with Gasteiger partial charge in [0.25, 0.3) is 0 Å². The van der Waals surface area contributed by atoms with E-state index in [1.807, 2.05) is 5.38 Å². The summed E-state index contributed by atoms with van der Waals surface area (Å²) in [4.78, 5) is 10.9. The number of carboxylic acids is 1. The number of hydrogen-bond donors (Lipinski definition) is 2. The van der Waals surface area contributed by atoms with Gasteiger partial charge in [-0.1, -0.05) is 0 Å². The second kappa shape index (κ2) is 3.96. The average molecular weight is 277 g/mol. The maximum Gasteiger partial charge on any atom is 0.308 e. The first-order valence-corrected chi connectivity index (χ1v) is 5.86. The summed E-state index contributed by atoms with van der Waals surface area (Å²) >= 11 is 4.73. The van der Waals surface area contributed by atoms with E-state index in [9.17, 15) is 4.79 Å². The third-order valence-corrected chi connectivity index (χ3v) is 4.02. The van der Waals surface area contributed by atoms with E-state index in [0.29, 0.717) is 13.1 Å². The first-order valence-electron chi connectivity index (χ1n) is 4.23. The summed E-state index contributed by atoms with van der Waals surface area (Å²) in [5.74, 6) is -1.11. The van der Waals surface area contributed by atoms with Crippen LogP contribution in [0.25, 0.3) is 0 Å². The Kier molecular flexibility index (Phi) is 2.85. The van der Waals surface area contributed by atoms with Crippen LogP contribution in [0.4, 0.5) is 0 Å². The minimum Gasteiger partial charge on any atom is -0.481 e. The maximum absolute atomic E-state index is 10.9. The molecule has 0 saturated carbocycles. The minimum absolute atomic E-state index is 0.00637. The van der Waals surface area contributed by atoms with Crippen LogP contribution in [0.3, 0.4) is 0 Å². The van der Waals surface area contributed by atoms with Crippen molar-refractivity contribution in [3.05, 3.63) is 15.5 Å². The fourth-order valence-electron chi connectivity index (χ4n) is 1.70. The summed E-state index contributed by atoms with van der Waals surface area (Å²) in [7, 11) is 0. The molecule has 0 radical (unpaired) electrons. The summed E-state index contributed by atoms with van der Waals surface area (Å²) in [6.45, 7) is 1.23. The zero-order valence-corrected chi connectivity index (χ0v) is 9.64. The Morgan fingerprint density at radius 2 is 2.50 bits per heavy atom. The first-order chi connectivity index (χ1) is 6.70. The number of aromatic nitrogens is 1. The smallest absolute Gasteiger partial charge is 0.308 e. The van der Waals surface area contributed by atoms with Crippen LogP contribution >= 0.6 is 27.5 Å². The van der Waals surface area contributed by atoms with Gasteiger partial charge in [-0.3, -0.25) is 4.79 Å². The number of hydrogen-bond acceptors (Lipinski definition) is 4. The topological polar surface area (TPSA) is 62.2 Å². The van der Waals surface area contributed by atoms with Gasteiger partial charge < -0.3 is 10.4 Å². The van der Waals surface area contributed by atoms with Gasteiger partial charge in [-0.05, 0) is 27.5 Å². The van der Waals surface area contributed by atoms with Crippen LogP contribution in [0.5, 0.6) is 0 Å². The monoisotopic (exact) mass is 276 g/mol. The molecule has 0 spiro atoms. The highest BCUT2D eigenvalue weighted by molar-refractivity contribution is 9.10. The standard InChI is InChI=1S/C8H9BrN2O2S/c9-6-3-14-11-7(6)4-1-10-2-5(4)8(12)13/h3-5,10H,1-2H2,(H,12,13). The lowest BCUT2D eigenvalue weighted by Gasteiger charge is -2.12. The Morgan fingerprint density at radius 3 is 3.07 bits per heavy atom. The van der Waals surface area contributed by atoms with E-state index >= 15 is 0 Å². The zero-order chi connectivity index (χ0) is 10.1. The van der Waals surface area contributed by atoms with Crippen molar-refractivity contribution in [3.8, 4) is 0 Å². The summed E-state index contributed by atoms with van der Waals surface area (Å²) in [5.41, 5.74) is 0.868. The molecule has 0 amide bonds. The highest BCUT2D eigenvalue weighted by Gasteiger charge is 2.36. The molecule has 1 aromatic heterocycles. The van der Waals surface area contributed by atoms with Crippen molar-refractivity contribution in [3.63, 3.8) is 0 Å². The number of aliphatic carboxylic acids is 1. The van der Waals surface area contributed by atoms with Crippen LogP contribution in [0, 0.1) is 5.92 Å². The lowest BCUT2D eigenvalue weighted by molar-refractivity contribution is -0.141. The number of nitrogens with one attached hydrogen (secondary N) is 1. The van der Waals surface area contributed by atoms with Crippen LogP contribution in [0.15, 0.2) is 9.85 Å². The van der Waals surface area contributed by atoms with Crippen LogP contribution in [-0.2, 0) is 4.79 Å². The van der Waals surface area contributed by atoms with E-state index in [4.69, 9.17) is 5.11 Å². The summed E-state index contributed by atoms with van der Waals surface area (Å²) in [6, 6.07) is 0. The van der Waals surface area contributed by atoms with E-state index in [1.165, 1.54) is 11.5 Å². The SMILES string of the molecule is O=C(O)C1CNCC1c1nscc1Br. The predicted molar refractivity (Wildman–Crippen MR) is 56.6 cm³/mol. The van der Waals surface area contributed by atoms with Gasteiger partial charge in [-0.15, -0.1) is 0 Å². The van der Waals surface area contributed by atoms with E-state index < -0.39 is 5.97 Å². The molecule has 2 N–H and O–H groups in total. The van der Waals surface area contributed by atoms with E-state index in [1.54, 1.807) is 0 Å². The molecular weight excluding hydrogens is 268 g/mol. The van der Waals surface area contributed by atoms with Crippen molar-refractivity contribution in [1.29, 1.82) is 0 Å². The molecule has 76 valence electrons. The molecular formula is C8H9BrN2O2S. The van der Waals surface area contributed by atoms with Crippen LogP contribution < -0.4 is 5.32 Å². The fourth-order valence-corrected chi connectivity index (χ4v) is 3.07. The molecule has 1 aliphatic rings. The molecule has 1 fully saturated rings. The van der Waals surface area contributed by atoms with Gasteiger partial charge in [0.15, 0.2) is 0 Å². The maximum atomic E-state index is 10.9. The van der Waals surface area contributed by atoms with Crippen molar-refractivity contribution in [2.24, 2.45) is 5.92 Å². The second-order valence-corrected chi connectivity index (χ2v) is 4.74. The van der Waals surface area contributed by atoms with Crippen LogP contribution in [0.1, 0.15) is 11.6 Å². The predicted octanol–water partition coefficient (Wildman–Crippen LogP) is 1.29. The molecule has 2 atom stereocenters. The second-order valence-electron chi connectivity index (χ2n) is 3.26. The number of rotatable bonds is 2. The number of nitrogens with zero attached hydrogens (tertiary/aromatic N) is 1. The lowest BCUT2D eigenvalue weighted by atomic mass is 9.93. The van der Waals surface area contributed by atoms with Gasteiger partial charge in [-0.25, -0.2) is 0 Å². The Balaban J connectivity index is 2.26. The molecule has 1 saturated heterocycles. The molecule has 2 heterocycles. The Labute approximate surface area is 93.6 Å². The third kappa shape index (κ3) is 1.69. The average Bonchev–Trinajstić information content (AvgIpc) is 2.70. The van der Waals surface area contributed by atoms with Crippen LogP contribution in [0.2, 0.25) is 0 Å². The first kappa shape index (κ1) is 10.1. The Hall–Kier alpha value is -0.460. The van der Waals surface area contributed by atoms with Gasteiger partial charge in [0, 0.05) is 24.4 Å². The van der Waals surface area contributed by atoms with Crippen molar-refractivity contribution in [2.75, 3.05) is 13.1 Å². The highest BCUT2D eigenvalue weighted by atomic mass is 79.9. The number of carbonyl (C=O) groups is 1. The minimum atomic E-state index is -0.750. The quantitative estimate of drug-likeness (QED) is 0.855. The molecule has 4 nitrogen and oxygen atoms in total. The fraction of sp³-hybridized carbons (Fsp3) is 0.500. The summed E-state index contributed by atoms with van der Waals surface area (Å²) in [5, 5.41) is 14.0. The molecule has 14 heavy (non-hydrogen) atoms. The van der Waals surface area contributed by atoms with E-state index in [2.05, 4.69) is 25.6 Å². The van der Waals surface area contributed by atoms with Gasteiger partial charge >= 0.3 is 5.97 Å². The van der Waals surface area contributed by atoms with Crippen molar-refractivity contribution in [1.82, 2.24) is 9.69 Å². The molecule has 6 heteroatoms. The number of halogens is 1. The Bertz CT molecular complexity index is 355. The summed E-state index contributed by atoms with van der Waals surface area (Å²) < 4.78 is 5.14. The molecule has 1 aromatic rings. The molecule has 2 rings (SSSR count). The van der Waals surface area contributed by atoms with Crippen LogP contribution in [-0.4, -0.2) is 28.5 Å². The summed E-state index contributed by atoms with van der Waals surface area (Å²) in [6.07, 6.45) is 0. The highest BCUT2D eigenvalue weighted by Crippen LogP contribution is 2.33. The van der Waals surface area contributed by atoms with Gasteiger partial charge in [0.1, 0.15) is 0 Å². The van der Waals surface area contributed by atoms with Gasteiger partial charge in [0.2, 0.25) is 0 Å². The third-order valence-electron chi connectivity index (χ3n) is 2.43. The van der Waals surface area contributed by atoms with E-state index in [-0.39, 0.29) is 11.8 Å². The van der Waals surface area contributed by atoms with Crippen molar-refractivity contribution < 1.29 is 9.90 Å². The van der Waals surface area contributed by atoms with E-state index in [0.717, 1.165) is 10.2 Å². The van der Waals surface area contributed by atoms with Crippen molar-refractivity contribution >= 4 is 33.4 Å². The normalized spacial score (nSPS) is 26.6. The number of carboxylic acid groups (broad SMARTS) is 1. The molecule has 0 aromatic carbocycles.